The number of amides is 1. The second-order valence-corrected chi connectivity index (χ2v) is 5.62. The first-order chi connectivity index (χ1) is 9.41. The maximum absolute atomic E-state index is 12.7. The molecule has 6 nitrogen and oxygen atoms in total. The zero-order chi connectivity index (χ0) is 14.9. The number of hydrogen-bond acceptors (Lipinski definition) is 4. The first kappa shape index (κ1) is 14.6. The van der Waals surface area contributed by atoms with Gasteiger partial charge in [0, 0.05) is 12.6 Å². The minimum absolute atomic E-state index is 0.0184. The van der Waals surface area contributed by atoms with E-state index < -0.39 is 17.9 Å². The fraction of sp³-hybridized carbons (Fsp3) is 0.643. The SMILES string of the molecule is Cc1cc([C@H](C(=O)N2CCC[C@H]2C(=O)O)C(C)C)on1. The third-order valence-electron chi connectivity index (χ3n) is 3.71. The molecule has 1 aliphatic heterocycles. The molecule has 6 heteroatoms. The average Bonchev–Trinajstić information content (AvgIpc) is 2.97. The van der Waals surface area contributed by atoms with Gasteiger partial charge in [-0.1, -0.05) is 19.0 Å². The van der Waals surface area contributed by atoms with Crippen LogP contribution in [0.25, 0.3) is 0 Å². The van der Waals surface area contributed by atoms with Crippen LogP contribution >= 0.6 is 0 Å². The molecule has 0 spiro atoms. The van der Waals surface area contributed by atoms with Gasteiger partial charge >= 0.3 is 5.97 Å². The number of hydrogen-bond donors (Lipinski definition) is 1. The minimum Gasteiger partial charge on any atom is -0.480 e. The van der Waals surface area contributed by atoms with Gasteiger partial charge in [0.25, 0.3) is 0 Å². The normalized spacial score (nSPS) is 20.4. The third-order valence-corrected chi connectivity index (χ3v) is 3.71. The molecule has 20 heavy (non-hydrogen) atoms. The number of carbonyl (C=O) groups excluding carboxylic acids is 1. The zero-order valence-electron chi connectivity index (χ0n) is 12.0. The van der Waals surface area contributed by atoms with Crippen LogP contribution < -0.4 is 0 Å². The lowest BCUT2D eigenvalue weighted by Gasteiger charge is -2.27. The Hall–Kier alpha value is -1.85. The maximum Gasteiger partial charge on any atom is 0.326 e. The molecule has 1 saturated heterocycles. The highest BCUT2D eigenvalue weighted by Gasteiger charge is 2.39. The molecule has 0 saturated carbocycles. The van der Waals surface area contributed by atoms with Crippen LogP contribution in [0.2, 0.25) is 0 Å². The Balaban J connectivity index is 2.26. The molecule has 2 rings (SSSR count). The topological polar surface area (TPSA) is 83.6 Å². The third kappa shape index (κ3) is 2.69. The van der Waals surface area contributed by atoms with Gasteiger partial charge in [-0.05, 0) is 25.7 Å². The Labute approximate surface area is 117 Å². The molecule has 110 valence electrons. The van der Waals surface area contributed by atoms with Crippen LogP contribution in [0.15, 0.2) is 10.6 Å². The predicted molar refractivity (Wildman–Crippen MR) is 71.2 cm³/mol. The highest BCUT2D eigenvalue weighted by Crippen LogP contribution is 2.30. The van der Waals surface area contributed by atoms with Crippen molar-refractivity contribution in [2.75, 3.05) is 6.54 Å². The van der Waals surface area contributed by atoms with Crippen molar-refractivity contribution in [3.8, 4) is 0 Å². The Morgan fingerprint density at radius 2 is 2.20 bits per heavy atom. The molecular formula is C14H20N2O4. The number of aromatic nitrogens is 1. The maximum atomic E-state index is 12.7. The summed E-state index contributed by atoms with van der Waals surface area (Å²) in [5.41, 5.74) is 0.717. The summed E-state index contributed by atoms with van der Waals surface area (Å²) in [6, 6.07) is 1.03. The lowest BCUT2D eigenvalue weighted by Crippen LogP contribution is -2.43. The van der Waals surface area contributed by atoms with Crippen LogP contribution in [0.5, 0.6) is 0 Å². The van der Waals surface area contributed by atoms with Crippen LogP contribution in [0.1, 0.15) is 44.1 Å². The van der Waals surface area contributed by atoms with Crippen molar-refractivity contribution >= 4 is 11.9 Å². The number of carboxylic acid groups (broad SMARTS) is 1. The molecule has 0 aliphatic carbocycles. The summed E-state index contributed by atoms with van der Waals surface area (Å²) in [6.45, 7) is 6.13. The van der Waals surface area contributed by atoms with Crippen molar-refractivity contribution < 1.29 is 19.2 Å². The lowest BCUT2D eigenvalue weighted by atomic mass is 9.91. The molecule has 1 aromatic rings. The predicted octanol–water partition coefficient (Wildman–Crippen LogP) is 1.80. The van der Waals surface area contributed by atoms with Crippen LogP contribution in [-0.2, 0) is 9.59 Å². The molecule has 2 atom stereocenters. The van der Waals surface area contributed by atoms with E-state index in [1.54, 1.807) is 13.0 Å². The van der Waals surface area contributed by atoms with E-state index in [-0.39, 0.29) is 11.8 Å². The second-order valence-electron chi connectivity index (χ2n) is 5.62. The highest BCUT2D eigenvalue weighted by molar-refractivity contribution is 5.88. The highest BCUT2D eigenvalue weighted by atomic mass is 16.5. The van der Waals surface area contributed by atoms with E-state index in [1.807, 2.05) is 13.8 Å². The second kappa shape index (κ2) is 5.64. The molecule has 1 fully saturated rings. The molecule has 1 amide bonds. The first-order valence-electron chi connectivity index (χ1n) is 6.88. The molecule has 2 heterocycles. The van der Waals surface area contributed by atoms with Gasteiger partial charge in [0.1, 0.15) is 17.7 Å². The summed E-state index contributed by atoms with van der Waals surface area (Å²) in [5, 5.41) is 13.0. The van der Waals surface area contributed by atoms with Crippen LogP contribution in [-0.4, -0.2) is 39.6 Å². The largest absolute Gasteiger partial charge is 0.480 e. The van der Waals surface area contributed by atoms with Crippen molar-refractivity contribution in [2.24, 2.45) is 5.92 Å². The average molecular weight is 280 g/mol. The van der Waals surface area contributed by atoms with E-state index in [1.165, 1.54) is 4.90 Å². The molecule has 1 aliphatic rings. The zero-order valence-corrected chi connectivity index (χ0v) is 12.0. The molecule has 0 radical (unpaired) electrons. The van der Waals surface area contributed by atoms with Crippen LogP contribution in [0.4, 0.5) is 0 Å². The number of carboxylic acids is 1. The van der Waals surface area contributed by atoms with E-state index in [0.717, 1.165) is 12.1 Å². The van der Waals surface area contributed by atoms with Gasteiger partial charge in [-0.3, -0.25) is 4.79 Å². The Kier molecular flexibility index (Phi) is 4.11. The van der Waals surface area contributed by atoms with Gasteiger partial charge in [0.15, 0.2) is 0 Å². The van der Waals surface area contributed by atoms with Crippen molar-refractivity contribution in [1.29, 1.82) is 0 Å². The van der Waals surface area contributed by atoms with Gasteiger partial charge in [0.2, 0.25) is 5.91 Å². The number of nitrogens with zero attached hydrogens (tertiary/aromatic N) is 2. The monoisotopic (exact) mass is 280 g/mol. The van der Waals surface area contributed by atoms with Crippen molar-refractivity contribution in [3.05, 3.63) is 17.5 Å². The summed E-state index contributed by atoms with van der Waals surface area (Å²) >= 11 is 0. The van der Waals surface area contributed by atoms with E-state index in [2.05, 4.69) is 5.16 Å². The van der Waals surface area contributed by atoms with E-state index >= 15 is 0 Å². The summed E-state index contributed by atoms with van der Waals surface area (Å²) in [4.78, 5) is 25.4. The summed E-state index contributed by atoms with van der Waals surface area (Å²) < 4.78 is 5.22. The van der Waals surface area contributed by atoms with E-state index in [0.29, 0.717) is 18.7 Å². The fourth-order valence-corrected chi connectivity index (χ4v) is 2.73. The molecular weight excluding hydrogens is 260 g/mol. The Morgan fingerprint density at radius 1 is 1.50 bits per heavy atom. The number of likely N-dealkylation sites (tertiary alicyclic amines) is 1. The van der Waals surface area contributed by atoms with Gasteiger partial charge < -0.3 is 14.5 Å². The van der Waals surface area contributed by atoms with Gasteiger partial charge in [-0.25, -0.2) is 4.79 Å². The van der Waals surface area contributed by atoms with Crippen molar-refractivity contribution in [2.45, 2.75) is 45.6 Å². The molecule has 0 aromatic carbocycles. The van der Waals surface area contributed by atoms with Crippen LogP contribution in [0, 0.1) is 12.8 Å². The van der Waals surface area contributed by atoms with Crippen molar-refractivity contribution in [3.63, 3.8) is 0 Å². The molecule has 0 bridgehead atoms. The fourth-order valence-electron chi connectivity index (χ4n) is 2.73. The molecule has 0 unspecified atom stereocenters. The van der Waals surface area contributed by atoms with Gasteiger partial charge in [-0.15, -0.1) is 0 Å². The van der Waals surface area contributed by atoms with E-state index in [9.17, 15) is 14.7 Å². The van der Waals surface area contributed by atoms with Gasteiger partial charge in [0.05, 0.1) is 5.69 Å². The Morgan fingerprint density at radius 3 is 2.70 bits per heavy atom. The molecule has 1 aromatic heterocycles. The van der Waals surface area contributed by atoms with Crippen molar-refractivity contribution in [1.82, 2.24) is 10.1 Å². The smallest absolute Gasteiger partial charge is 0.326 e. The summed E-state index contributed by atoms with van der Waals surface area (Å²) in [6.07, 6.45) is 1.24. The number of aliphatic carboxylic acids is 1. The lowest BCUT2D eigenvalue weighted by molar-refractivity contribution is -0.149. The van der Waals surface area contributed by atoms with E-state index in [4.69, 9.17) is 4.52 Å². The standard InChI is InChI=1S/C14H20N2O4/c1-8(2)12(11-7-9(3)15-20-11)13(17)16-6-4-5-10(16)14(18)19/h7-8,10,12H,4-6H2,1-3H3,(H,18,19)/t10-,12+/m0/s1. The summed E-state index contributed by atoms with van der Waals surface area (Å²) in [5.74, 6) is -1.06. The minimum atomic E-state index is -0.938. The van der Waals surface area contributed by atoms with Crippen LogP contribution in [0.3, 0.4) is 0 Å². The molecule has 1 N–H and O–H groups in total. The Bertz CT molecular complexity index is 509. The first-order valence-corrected chi connectivity index (χ1v) is 6.88. The summed E-state index contributed by atoms with van der Waals surface area (Å²) in [7, 11) is 0. The number of carbonyl (C=O) groups is 2. The van der Waals surface area contributed by atoms with Gasteiger partial charge in [-0.2, -0.15) is 0 Å². The number of rotatable bonds is 4. The quantitative estimate of drug-likeness (QED) is 0.909. The number of aryl methyl sites for hydroxylation is 1.